The molecule has 0 spiro atoms. The van der Waals surface area contributed by atoms with E-state index in [-0.39, 0.29) is 5.41 Å². The van der Waals surface area contributed by atoms with Crippen molar-refractivity contribution in [2.24, 2.45) is 0 Å². The van der Waals surface area contributed by atoms with Gasteiger partial charge in [-0.3, -0.25) is 0 Å². The highest BCUT2D eigenvalue weighted by molar-refractivity contribution is 5.45. The molecule has 0 N–H and O–H groups in total. The van der Waals surface area contributed by atoms with Gasteiger partial charge in [-0.25, -0.2) is 0 Å². The van der Waals surface area contributed by atoms with Crippen LogP contribution in [-0.2, 0) is 5.41 Å². The summed E-state index contributed by atoms with van der Waals surface area (Å²) in [6.45, 7) is 18.4. The number of hydrogen-bond donors (Lipinski definition) is 0. The second kappa shape index (κ2) is 7.13. The SMILES string of the molecule is CC(C)c1cccc(C(C)(C)c2ccc(C(C)C)c(C(C)C)c2)c1. The third-order valence-corrected chi connectivity index (χ3v) is 5.33. The Kier molecular flexibility index (Phi) is 5.58. The summed E-state index contributed by atoms with van der Waals surface area (Å²) in [5.41, 5.74) is 7.24. The molecule has 0 unspecified atom stereocenters. The minimum Gasteiger partial charge on any atom is -0.0617 e. The fourth-order valence-electron chi connectivity index (χ4n) is 3.44. The van der Waals surface area contributed by atoms with Crippen molar-refractivity contribution in [2.75, 3.05) is 0 Å². The average molecular weight is 323 g/mol. The summed E-state index contributed by atoms with van der Waals surface area (Å²) < 4.78 is 0. The molecule has 0 nitrogen and oxygen atoms in total. The van der Waals surface area contributed by atoms with Gasteiger partial charge in [0.25, 0.3) is 0 Å². The lowest BCUT2D eigenvalue weighted by molar-refractivity contribution is 0.634. The highest BCUT2D eigenvalue weighted by Crippen LogP contribution is 2.36. The van der Waals surface area contributed by atoms with Crippen molar-refractivity contribution in [1.82, 2.24) is 0 Å². The van der Waals surface area contributed by atoms with Crippen LogP contribution in [0.5, 0.6) is 0 Å². The number of rotatable bonds is 5. The molecule has 2 aromatic carbocycles. The first-order valence-electron chi connectivity index (χ1n) is 9.39. The Morgan fingerprint density at radius 1 is 0.625 bits per heavy atom. The standard InChI is InChI=1S/C24H34/c1-16(2)19-10-9-11-20(14-19)24(7,8)21-12-13-22(17(3)4)23(15-21)18(5)6/h9-18H,1-8H3. The van der Waals surface area contributed by atoms with Crippen molar-refractivity contribution in [3.63, 3.8) is 0 Å². The molecule has 2 aromatic rings. The summed E-state index contributed by atoms with van der Waals surface area (Å²) in [7, 11) is 0. The largest absolute Gasteiger partial charge is 0.0617 e. The second-order valence-electron chi connectivity index (χ2n) is 8.56. The summed E-state index contributed by atoms with van der Waals surface area (Å²) in [6.07, 6.45) is 0. The fraction of sp³-hybridized carbons (Fsp3) is 0.500. The molecule has 0 bridgehead atoms. The maximum atomic E-state index is 2.45. The van der Waals surface area contributed by atoms with E-state index in [1.807, 2.05) is 0 Å². The van der Waals surface area contributed by atoms with E-state index in [0.29, 0.717) is 17.8 Å². The molecule has 0 heteroatoms. The number of hydrogen-bond acceptors (Lipinski definition) is 0. The molecule has 0 aliphatic heterocycles. The summed E-state index contributed by atoms with van der Waals surface area (Å²) in [5, 5.41) is 0. The molecule has 0 heterocycles. The van der Waals surface area contributed by atoms with Crippen LogP contribution in [-0.4, -0.2) is 0 Å². The molecule has 2 rings (SSSR count). The molecule has 0 atom stereocenters. The Bertz CT molecular complexity index is 687. The monoisotopic (exact) mass is 322 g/mol. The predicted octanol–water partition coefficient (Wildman–Crippen LogP) is 7.38. The van der Waals surface area contributed by atoms with Gasteiger partial charge >= 0.3 is 0 Å². The second-order valence-corrected chi connectivity index (χ2v) is 8.56. The van der Waals surface area contributed by atoms with Crippen LogP contribution in [0.15, 0.2) is 42.5 Å². The van der Waals surface area contributed by atoms with Gasteiger partial charge in [-0.15, -0.1) is 0 Å². The molecule has 0 fully saturated rings. The van der Waals surface area contributed by atoms with Gasteiger partial charge in [0.05, 0.1) is 0 Å². The van der Waals surface area contributed by atoms with Gasteiger partial charge in [-0.2, -0.15) is 0 Å². The van der Waals surface area contributed by atoms with Crippen LogP contribution < -0.4 is 0 Å². The normalized spacial score (nSPS) is 12.5. The van der Waals surface area contributed by atoms with E-state index in [1.165, 1.54) is 27.8 Å². The maximum Gasteiger partial charge on any atom is 0.0146 e. The minimum absolute atomic E-state index is 0.0179. The third-order valence-electron chi connectivity index (χ3n) is 5.33. The van der Waals surface area contributed by atoms with Crippen LogP contribution in [0.3, 0.4) is 0 Å². The average Bonchev–Trinajstić information content (AvgIpc) is 2.54. The molecule has 0 saturated carbocycles. The number of benzene rings is 2. The van der Waals surface area contributed by atoms with Crippen molar-refractivity contribution < 1.29 is 0 Å². The van der Waals surface area contributed by atoms with Gasteiger partial charge in [0.1, 0.15) is 0 Å². The van der Waals surface area contributed by atoms with Crippen LogP contribution in [0.25, 0.3) is 0 Å². The van der Waals surface area contributed by atoms with E-state index in [4.69, 9.17) is 0 Å². The zero-order chi connectivity index (χ0) is 18.1. The fourth-order valence-corrected chi connectivity index (χ4v) is 3.44. The molecule has 24 heavy (non-hydrogen) atoms. The highest BCUT2D eigenvalue weighted by Gasteiger charge is 2.25. The van der Waals surface area contributed by atoms with Gasteiger partial charge in [-0.1, -0.05) is 97.9 Å². The summed E-state index contributed by atoms with van der Waals surface area (Å²) in [6, 6.07) is 16.2. The van der Waals surface area contributed by atoms with Crippen molar-refractivity contribution in [2.45, 2.75) is 78.6 Å². The predicted molar refractivity (Wildman–Crippen MR) is 107 cm³/mol. The van der Waals surface area contributed by atoms with E-state index in [2.05, 4.69) is 97.9 Å². The summed E-state index contributed by atoms with van der Waals surface area (Å²) >= 11 is 0. The smallest absolute Gasteiger partial charge is 0.0146 e. The Labute approximate surface area is 149 Å². The van der Waals surface area contributed by atoms with E-state index >= 15 is 0 Å². The molecule has 130 valence electrons. The molecular weight excluding hydrogens is 288 g/mol. The molecule has 0 radical (unpaired) electrons. The van der Waals surface area contributed by atoms with Crippen molar-refractivity contribution in [3.8, 4) is 0 Å². The van der Waals surface area contributed by atoms with Crippen molar-refractivity contribution in [3.05, 3.63) is 70.3 Å². The zero-order valence-corrected chi connectivity index (χ0v) is 16.8. The Morgan fingerprint density at radius 3 is 1.75 bits per heavy atom. The molecular formula is C24H34. The van der Waals surface area contributed by atoms with E-state index in [9.17, 15) is 0 Å². The lowest BCUT2D eigenvalue weighted by atomic mass is 9.75. The topological polar surface area (TPSA) is 0 Å². The summed E-state index contributed by atoms with van der Waals surface area (Å²) in [4.78, 5) is 0. The summed E-state index contributed by atoms with van der Waals surface area (Å²) in [5.74, 6) is 1.69. The lowest BCUT2D eigenvalue weighted by Gasteiger charge is -2.29. The van der Waals surface area contributed by atoms with Gasteiger partial charge < -0.3 is 0 Å². The van der Waals surface area contributed by atoms with E-state index < -0.39 is 0 Å². The molecule has 0 saturated heterocycles. The highest BCUT2D eigenvalue weighted by atomic mass is 14.3. The zero-order valence-electron chi connectivity index (χ0n) is 16.8. The Hall–Kier alpha value is -1.56. The van der Waals surface area contributed by atoms with Gasteiger partial charge in [0, 0.05) is 5.41 Å². The first-order chi connectivity index (χ1) is 11.1. The molecule has 0 amide bonds. The third kappa shape index (κ3) is 3.74. The first-order valence-corrected chi connectivity index (χ1v) is 9.39. The van der Waals surface area contributed by atoms with Crippen LogP contribution >= 0.6 is 0 Å². The van der Waals surface area contributed by atoms with Crippen LogP contribution in [0.4, 0.5) is 0 Å². The van der Waals surface area contributed by atoms with Crippen LogP contribution in [0.1, 0.15) is 101 Å². The Balaban J connectivity index is 2.53. The van der Waals surface area contributed by atoms with Gasteiger partial charge in [0.2, 0.25) is 0 Å². The Morgan fingerprint density at radius 2 is 1.21 bits per heavy atom. The van der Waals surface area contributed by atoms with Crippen molar-refractivity contribution >= 4 is 0 Å². The van der Waals surface area contributed by atoms with E-state index in [0.717, 1.165) is 0 Å². The molecule has 0 aliphatic rings. The maximum absolute atomic E-state index is 2.45. The molecule has 0 aliphatic carbocycles. The first kappa shape index (κ1) is 18.8. The lowest BCUT2D eigenvalue weighted by Crippen LogP contribution is -2.20. The quantitative estimate of drug-likeness (QED) is 0.538. The van der Waals surface area contributed by atoms with Gasteiger partial charge in [-0.05, 0) is 45.6 Å². The van der Waals surface area contributed by atoms with Crippen LogP contribution in [0.2, 0.25) is 0 Å². The van der Waals surface area contributed by atoms with Crippen molar-refractivity contribution in [1.29, 1.82) is 0 Å². The van der Waals surface area contributed by atoms with Crippen LogP contribution in [0, 0.1) is 0 Å². The minimum atomic E-state index is 0.0179. The van der Waals surface area contributed by atoms with E-state index in [1.54, 1.807) is 0 Å². The molecule has 0 aromatic heterocycles. The van der Waals surface area contributed by atoms with Gasteiger partial charge in [0.15, 0.2) is 0 Å².